The second-order valence-corrected chi connectivity index (χ2v) is 5.53. The van der Waals surface area contributed by atoms with E-state index in [1.54, 1.807) is 12.1 Å². The number of hydrogen-bond acceptors (Lipinski definition) is 3. The van der Waals surface area contributed by atoms with Crippen LogP contribution >= 0.6 is 15.9 Å². The van der Waals surface area contributed by atoms with Gasteiger partial charge >= 0.3 is 0 Å². The predicted octanol–water partition coefficient (Wildman–Crippen LogP) is 2.55. The van der Waals surface area contributed by atoms with E-state index in [9.17, 15) is 9.90 Å². The van der Waals surface area contributed by atoms with Gasteiger partial charge in [-0.15, -0.1) is 0 Å². The number of hydrogen-bond donors (Lipinski definition) is 2. The van der Waals surface area contributed by atoms with Crippen molar-refractivity contribution in [3.8, 4) is 11.5 Å². The number of nitrogens with one attached hydrogen (secondary N) is 1. The number of rotatable bonds is 5. The third kappa shape index (κ3) is 3.91. The Bertz CT molecular complexity index is 421. The van der Waals surface area contributed by atoms with Gasteiger partial charge in [-0.1, -0.05) is 29.8 Å². The van der Waals surface area contributed by atoms with Crippen LogP contribution in [0.4, 0.5) is 0 Å². The molecule has 0 aliphatic heterocycles. The lowest BCUT2D eigenvalue weighted by Gasteiger charge is -2.14. The number of benzene rings is 1. The molecule has 0 saturated carbocycles. The number of carbonyl (C=O) groups is 1. The van der Waals surface area contributed by atoms with Gasteiger partial charge in [0.1, 0.15) is 0 Å². The lowest BCUT2D eigenvalue weighted by molar-refractivity contribution is 0.0952. The smallest absolute Gasteiger partial charge is 0.251 e. The molecule has 0 saturated heterocycles. The molecule has 1 aromatic rings. The zero-order chi connectivity index (χ0) is 13.7. The minimum atomic E-state index is -0.210. The summed E-state index contributed by atoms with van der Waals surface area (Å²) in [5.74, 6) is 0.545. The highest BCUT2D eigenvalue weighted by Gasteiger charge is 2.13. The molecule has 2 N–H and O–H groups in total. The molecule has 18 heavy (non-hydrogen) atoms. The molecule has 0 fully saturated rings. The highest BCUT2D eigenvalue weighted by Crippen LogP contribution is 2.26. The summed E-state index contributed by atoms with van der Waals surface area (Å²) < 4.78 is 4.92. The second-order valence-electron chi connectivity index (χ2n) is 4.36. The van der Waals surface area contributed by atoms with Crippen LogP contribution in [0.2, 0.25) is 0 Å². The molecular weight excluding hydrogens is 298 g/mol. The SMILES string of the molecule is COc1ccc(C(=O)NCC(Br)C(C)C)cc1O. The maximum atomic E-state index is 11.8. The molecule has 1 rings (SSSR count). The number of ether oxygens (including phenoxy) is 1. The highest BCUT2D eigenvalue weighted by atomic mass is 79.9. The lowest BCUT2D eigenvalue weighted by Crippen LogP contribution is -2.31. The predicted molar refractivity (Wildman–Crippen MR) is 74.5 cm³/mol. The Kier molecular flexibility index (Phi) is 5.47. The fraction of sp³-hybridized carbons (Fsp3) is 0.462. The first-order valence-electron chi connectivity index (χ1n) is 5.75. The first kappa shape index (κ1) is 14.8. The fourth-order valence-electron chi connectivity index (χ4n) is 1.36. The average Bonchev–Trinajstić information content (AvgIpc) is 2.35. The number of aromatic hydroxyl groups is 1. The quantitative estimate of drug-likeness (QED) is 0.821. The molecule has 1 unspecified atom stereocenters. The van der Waals surface area contributed by atoms with E-state index in [0.29, 0.717) is 23.8 Å². The molecule has 1 amide bonds. The molecule has 0 heterocycles. The number of alkyl halides is 1. The van der Waals surface area contributed by atoms with Crippen LogP contribution in [0.25, 0.3) is 0 Å². The van der Waals surface area contributed by atoms with Crippen molar-refractivity contribution in [3.05, 3.63) is 23.8 Å². The van der Waals surface area contributed by atoms with Crippen molar-refractivity contribution in [1.82, 2.24) is 5.32 Å². The van der Waals surface area contributed by atoms with E-state index in [-0.39, 0.29) is 16.5 Å². The zero-order valence-electron chi connectivity index (χ0n) is 10.7. The number of phenolic OH excluding ortho intramolecular Hbond substituents is 1. The van der Waals surface area contributed by atoms with Crippen molar-refractivity contribution in [3.63, 3.8) is 0 Å². The third-order valence-electron chi connectivity index (χ3n) is 2.62. The van der Waals surface area contributed by atoms with Gasteiger partial charge in [-0.2, -0.15) is 0 Å². The van der Waals surface area contributed by atoms with Gasteiger partial charge in [0.15, 0.2) is 11.5 Å². The molecule has 4 nitrogen and oxygen atoms in total. The number of methoxy groups -OCH3 is 1. The van der Waals surface area contributed by atoms with E-state index in [4.69, 9.17) is 4.74 Å². The number of halogens is 1. The minimum absolute atomic E-state index is 0.0376. The van der Waals surface area contributed by atoms with Gasteiger partial charge in [0, 0.05) is 16.9 Å². The van der Waals surface area contributed by atoms with Gasteiger partial charge < -0.3 is 15.2 Å². The van der Waals surface area contributed by atoms with E-state index in [1.165, 1.54) is 13.2 Å². The largest absolute Gasteiger partial charge is 0.504 e. The van der Waals surface area contributed by atoms with Gasteiger partial charge in [0.25, 0.3) is 5.91 Å². The molecule has 0 spiro atoms. The Balaban J connectivity index is 2.65. The lowest BCUT2D eigenvalue weighted by atomic mass is 10.1. The van der Waals surface area contributed by atoms with Crippen molar-refractivity contribution in [2.45, 2.75) is 18.7 Å². The van der Waals surface area contributed by atoms with Crippen molar-refractivity contribution in [2.75, 3.05) is 13.7 Å². The van der Waals surface area contributed by atoms with Crippen LogP contribution in [-0.2, 0) is 0 Å². The Hall–Kier alpha value is -1.23. The Morgan fingerprint density at radius 2 is 2.17 bits per heavy atom. The fourth-order valence-corrected chi connectivity index (χ4v) is 1.52. The average molecular weight is 316 g/mol. The molecule has 5 heteroatoms. The molecule has 0 aliphatic carbocycles. The van der Waals surface area contributed by atoms with Crippen LogP contribution in [0.3, 0.4) is 0 Å². The summed E-state index contributed by atoms with van der Waals surface area (Å²) in [4.78, 5) is 12.1. The Morgan fingerprint density at radius 1 is 1.50 bits per heavy atom. The second kappa shape index (κ2) is 6.64. The summed E-state index contributed by atoms with van der Waals surface area (Å²) in [7, 11) is 1.47. The van der Waals surface area contributed by atoms with Crippen molar-refractivity contribution >= 4 is 21.8 Å². The van der Waals surface area contributed by atoms with Gasteiger partial charge in [0.2, 0.25) is 0 Å². The molecule has 0 bridgehead atoms. The molecule has 0 aromatic heterocycles. The normalized spacial score (nSPS) is 12.3. The van der Waals surface area contributed by atoms with Crippen molar-refractivity contribution in [1.29, 1.82) is 0 Å². The third-order valence-corrected chi connectivity index (χ3v) is 4.00. The van der Waals surface area contributed by atoms with Crippen LogP contribution in [0.1, 0.15) is 24.2 Å². The van der Waals surface area contributed by atoms with Gasteiger partial charge in [-0.05, 0) is 24.1 Å². The van der Waals surface area contributed by atoms with Crippen LogP contribution in [0.5, 0.6) is 11.5 Å². The molecule has 0 aliphatic rings. The summed E-state index contributed by atoms with van der Waals surface area (Å²) in [6, 6.07) is 4.58. The number of phenols is 1. The van der Waals surface area contributed by atoms with Gasteiger partial charge in [-0.25, -0.2) is 0 Å². The molecule has 1 aromatic carbocycles. The van der Waals surface area contributed by atoms with Crippen LogP contribution < -0.4 is 10.1 Å². The Morgan fingerprint density at radius 3 is 2.67 bits per heavy atom. The van der Waals surface area contributed by atoms with E-state index in [1.807, 2.05) is 0 Å². The van der Waals surface area contributed by atoms with E-state index in [2.05, 4.69) is 35.1 Å². The van der Waals surface area contributed by atoms with Gasteiger partial charge in [-0.3, -0.25) is 4.79 Å². The first-order valence-corrected chi connectivity index (χ1v) is 6.66. The molecule has 1 atom stereocenters. The highest BCUT2D eigenvalue weighted by molar-refractivity contribution is 9.09. The summed E-state index contributed by atoms with van der Waals surface area (Å²) in [5.41, 5.74) is 0.414. The minimum Gasteiger partial charge on any atom is -0.504 e. The van der Waals surface area contributed by atoms with Crippen molar-refractivity contribution < 1.29 is 14.6 Å². The van der Waals surface area contributed by atoms with Crippen LogP contribution in [0.15, 0.2) is 18.2 Å². The van der Waals surface area contributed by atoms with E-state index >= 15 is 0 Å². The summed E-state index contributed by atoms with van der Waals surface area (Å²) >= 11 is 3.50. The van der Waals surface area contributed by atoms with E-state index in [0.717, 1.165) is 0 Å². The molecule has 100 valence electrons. The topological polar surface area (TPSA) is 58.6 Å². The maximum absolute atomic E-state index is 11.8. The summed E-state index contributed by atoms with van der Waals surface area (Å²) in [6.07, 6.45) is 0. The summed E-state index contributed by atoms with van der Waals surface area (Å²) in [6.45, 7) is 4.69. The van der Waals surface area contributed by atoms with Crippen molar-refractivity contribution in [2.24, 2.45) is 5.92 Å². The standard InChI is InChI=1S/C13H18BrNO3/c1-8(2)10(14)7-15-13(17)9-4-5-12(18-3)11(16)6-9/h4-6,8,10,16H,7H2,1-3H3,(H,15,17). The summed E-state index contributed by atoms with van der Waals surface area (Å²) in [5, 5.41) is 12.4. The Labute approximate surface area is 115 Å². The molecule has 0 radical (unpaired) electrons. The number of amides is 1. The number of carbonyl (C=O) groups excluding carboxylic acids is 1. The molecular formula is C13H18BrNO3. The van der Waals surface area contributed by atoms with Crippen LogP contribution in [0, 0.1) is 5.92 Å². The zero-order valence-corrected chi connectivity index (χ0v) is 12.3. The van der Waals surface area contributed by atoms with Crippen LogP contribution in [-0.4, -0.2) is 29.5 Å². The van der Waals surface area contributed by atoms with Gasteiger partial charge in [0.05, 0.1) is 7.11 Å². The first-order chi connectivity index (χ1) is 8.45. The maximum Gasteiger partial charge on any atom is 0.251 e. The monoisotopic (exact) mass is 315 g/mol. The van der Waals surface area contributed by atoms with E-state index < -0.39 is 0 Å².